The maximum Gasteiger partial charge on any atom is 0.303 e. The second-order valence-electron chi connectivity index (χ2n) is 2.69. The first-order valence-corrected chi connectivity index (χ1v) is 4.45. The number of carboxylic acid groups (broad SMARTS) is 1. The van der Waals surface area contributed by atoms with Gasteiger partial charge in [-0.1, -0.05) is 0 Å². The Hall–Kier alpha value is -0.220. The van der Waals surface area contributed by atoms with E-state index in [0.717, 1.165) is 25.0 Å². The van der Waals surface area contributed by atoms with E-state index in [1.165, 1.54) is 0 Å². The Bertz CT molecular complexity index is 119. The largest absolute Gasteiger partial charge is 0.481 e. The average molecular weight is 178 g/mol. The van der Waals surface area contributed by atoms with Crippen molar-refractivity contribution in [1.82, 2.24) is 0 Å². The zero-order valence-electron chi connectivity index (χ0n) is 6.62. The molecule has 66 valence electrons. The minimum atomic E-state index is -0.712. The van der Waals surface area contributed by atoms with Crippen molar-refractivity contribution in [2.24, 2.45) is 0 Å². The summed E-state index contributed by atoms with van der Waals surface area (Å²) < 4.78 is 0. The van der Waals surface area contributed by atoms with Crippen molar-refractivity contribution >= 4 is 18.6 Å². The Morgan fingerprint density at radius 3 is 2.64 bits per heavy atom. The monoisotopic (exact) mass is 178 g/mol. The van der Waals surface area contributed by atoms with Crippen LogP contribution in [0, 0.1) is 0 Å². The van der Waals surface area contributed by atoms with Crippen LogP contribution in [0.4, 0.5) is 0 Å². The number of aliphatic carboxylic acids is 1. The standard InChI is InChI=1S/C7H15NO2S/c8-6(5-11)3-1-2-4-7(9)10/h6,11H,1-5,8H2,(H,9,10)/p+1. The van der Waals surface area contributed by atoms with E-state index in [1.54, 1.807) is 0 Å². The van der Waals surface area contributed by atoms with Gasteiger partial charge in [-0.2, -0.15) is 12.6 Å². The molecule has 0 aliphatic rings. The molecule has 1 unspecified atom stereocenters. The maximum atomic E-state index is 10.1. The van der Waals surface area contributed by atoms with Crippen molar-refractivity contribution in [3.63, 3.8) is 0 Å². The second kappa shape index (κ2) is 6.49. The molecule has 0 saturated carbocycles. The first-order chi connectivity index (χ1) is 5.16. The van der Waals surface area contributed by atoms with Gasteiger partial charge in [-0.25, -0.2) is 0 Å². The molecule has 0 aromatic rings. The highest BCUT2D eigenvalue weighted by Gasteiger charge is 2.03. The van der Waals surface area contributed by atoms with Gasteiger partial charge in [-0.05, 0) is 12.8 Å². The molecular formula is C7H16NO2S+. The first kappa shape index (κ1) is 10.8. The van der Waals surface area contributed by atoms with E-state index >= 15 is 0 Å². The Morgan fingerprint density at radius 2 is 2.18 bits per heavy atom. The van der Waals surface area contributed by atoms with Gasteiger partial charge < -0.3 is 10.8 Å². The molecule has 0 amide bonds. The van der Waals surface area contributed by atoms with Crippen LogP contribution in [0.25, 0.3) is 0 Å². The number of thiol groups is 1. The topological polar surface area (TPSA) is 64.9 Å². The summed E-state index contributed by atoms with van der Waals surface area (Å²) in [5.74, 6) is 0.0732. The number of hydrogen-bond acceptors (Lipinski definition) is 2. The molecule has 11 heavy (non-hydrogen) atoms. The summed E-state index contributed by atoms with van der Waals surface area (Å²) in [6, 6.07) is 0.368. The summed E-state index contributed by atoms with van der Waals surface area (Å²) in [6.07, 6.45) is 2.96. The average Bonchev–Trinajstić information content (AvgIpc) is 1.97. The molecule has 0 rings (SSSR count). The molecule has 0 spiro atoms. The molecule has 0 heterocycles. The fourth-order valence-electron chi connectivity index (χ4n) is 0.801. The molecule has 0 fully saturated rings. The summed E-state index contributed by atoms with van der Waals surface area (Å²) >= 11 is 4.08. The third-order valence-electron chi connectivity index (χ3n) is 1.51. The van der Waals surface area contributed by atoms with Gasteiger partial charge in [0, 0.05) is 18.6 Å². The van der Waals surface area contributed by atoms with E-state index in [1.807, 2.05) is 0 Å². The predicted octanol–water partition coefficient (Wildman–Crippen LogP) is 0.172. The lowest BCUT2D eigenvalue weighted by Gasteiger charge is -2.02. The fourth-order valence-corrected chi connectivity index (χ4v) is 0.983. The van der Waals surface area contributed by atoms with Crippen molar-refractivity contribution in [3.8, 4) is 0 Å². The summed E-state index contributed by atoms with van der Waals surface area (Å²) in [7, 11) is 0. The van der Waals surface area contributed by atoms with Crippen molar-refractivity contribution in [1.29, 1.82) is 0 Å². The van der Waals surface area contributed by atoms with Gasteiger partial charge in [-0.3, -0.25) is 4.79 Å². The lowest BCUT2D eigenvalue weighted by Crippen LogP contribution is -2.61. The summed E-state index contributed by atoms with van der Waals surface area (Å²) in [5.41, 5.74) is 3.85. The number of quaternary nitrogens is 1. The van der Waals surface area contributed by atoms with Crippen LogP contribution >= 0.6 is 12.6 Å². The van der Waals surface area contributed by atoms with Gasteiger partial charge in [0.25, 0.3) is 0 Å². The van der Waals surface area contributed by atoms with Gasteiger partial charge >= 0.3 is 5.97 Å². The SMILES string of the molecule is [NH3+]C(CS)CCCCC(=O)O. The molecule has 0 aromatic heterocycles. The van der Waals surface area contributed by atoms with Crippen molar-refractivity contribution in [2.75, 3.05) is 5.75 Å². The van der Waals surface area contributed by atoms with Crippen LogP contribution in [0.1, 0.15) is 25.7 Å². The first-order valence-electron chi connectivity index (χ1n) is 3.82. The van der Waals surface area contributed by atoms with Crippen LogP contribution < -0.4 is 5.73 Å². The molecule has 1 atom stereocenters. The molecule has 0 aromatic carbocycles. The highest BCUT2D eigenvalue weighted by molar-refractivity contribution is 7.80. The number of carboxylic acids is 1. The number of unbranched alkanes of at least 4 members (excludes halogenated alkanes) is 1. The minimum Gasteiger partial charge on any atom is -0.481 e. The Morgan fingerprint density at radius 1 is 1.55 bits per heavy atom. The number of hydrogen-bond donors (Lipinski definition) is 3. The van der Waals surface area contributed by atoms with Crippen LogP contribution in [0.3, 0.4) is 0 Å². The van der Waals surface area contributed by atoms with Gasteiger partial charge in [0.2, 0.25) is 0 Å². The number of rotatable bonds is 6. The second-order valence-corrected chi connectivity index (χ2v) is 3.05. The summed E-state index contributed by atoms with van der Waals surface area (Å²) in [5, 5.41) is 8.31. The zero-order chi connectivity index (χ0) is 8.69. The zero-order valence-corrected chi connectivity index (χ0v) is 7.52. The summed E-state index contributed by atoms with van der Waals surface area (Å²) in [4.78, 5) is 10.1. The maximum absolute atomic E-state index is 10.1. The molecule has 0 saturated heterocycles. The highest BCUT2D eigenvalue weighted by atomic mass is 32.1. The van der Waals surface area contributed by atoms with E-state index in [-0.39, 0.29) is 6.42 Å². The lowest BCUT2D eigenvalue weighted by molar-refractivity contribution is -0.413. The van der Waals surface area contributed by atoms with Crippen molar-refractivity contribution in [2.45, 2.75) is 31.7 Å². The van der Waals surface area contributed by atoms with Gasteiger partial charge in [0.15, 0.2) is 0 Å². The third-order valence-corrected chi connectivity index (χ3v) is 2.03. The molecule has 4 N–H and O–H groups in total. The van der Waals surface area contributed by atoms with Gasteiger partial charge in [-0.15, -0.1) is 0 Å². The van der Waals surface area contributed by atoms with Crippen LogP contribution in [-0.4, -0.2) is 22.9 Å². The quantitative estimate of drug-likeness (QED) is 0.401. The normalized spacial score (nSPS) is 12.9. The molecule has 0 bridgehead atoms. The minimum absolute atomic E-state index is 0.277. The van der Waals surface area contributed by atoms with E-state index in [9.17, 15) is 4.79 Å². The highest BCUT2D eigenvalue weighted by Crippen LogP contribution is 2.01. The molecular weight excluding hydrogens is 162 g/mol. The Balaban J connectivity index is 3.08. The van der Waals surface area contributed by atoms with E-state index in [0.29, 0.717) is 6.04 Å². The van der Waals surface area contributed by atoms with Crippen molar-refractivity contribution in [3.05, 3.63) is 0 Å². The predicted molar refractivity (Wildman–Crippen MR) is 46.6 cm³/mol. The van der Waals surface area contributed by atoms with E-state index in [4.69, 9.17) is 5.11 Å². The molecule has 3 nitrogen and oxygen atoms in total. The third kappa shape index (κ3) is 7.68. The van der Waals surface area contributed by atoms with Gasteiger partial charge in [0.05, 0.1) is 6.04 Å². The van der Waals surface area contributed by atoms with Crippen LogP contribution in [0.2, 0.25) is 0 Å². The smallest absolute Gasteiger partial charge is 0.303 e. The molecule has 4 heteroatoms. The Kier molecular flexibility index (Phi) is 6.36. The van der Waals surface area contributed by atoms with Crippen LogP contribution in [0.15, 0.2) is 0 Å². The molecule has 0 aliphatic heterocycles. The van der Waals surface area contributed by atoms with Gasteiger partial charge in [0.1, 0.15) is 0 Å². The van der Waals surface area contributed by atoms with E-state index in [2.05, 4.69) is 18.4 Å². The van der Waals surface area contributed by atoms with Crippen LogP contribution in [-0.2, 0) is 4.79 Å². The number of carbonyl (C=O) groups is 1. The lowest BCUT2D eigenvalue weighted by atomic mass is 10.1. The molecule has 0 radical (unpaired) electrons. The Labute approximate surface area is 72.4 Å². The van der Waals surface area contributed by atoms with Crippen molar-refractivity contribution < 1.29 is 15.6 Å². The fraction of sp³-hybridized carbons (Fsp3) is 0.857. The summed E-state index contributed by atoms with van der Waals surface area (Å²) in [6.45, 7) is 0. The van der Waals surface area contributed by atoms with Crippen LogP contribution in [0.5, 0.6) is 0 Å². The van der Waals surface area contributed by atoms with E-state index < -0.39 is 5.97 Å². The molecule has 0 aliphatic carbocycles.